The first-order chi connectivity index (χ1) is 9.09. The Balaban J connectivity index is 3.02. The summed E-state index contributed by atoms with van der Waals surface area (Å²) >= 11 is 0. The molecule has 1 rings (SSSR count). The highest BCUT2D eigenvalue weighted by atomic mass is 32.2. The molecule has 0 saturated carbocycles. The van der Waals surface area contributed by atoms with E-state index in [-0.39, 0.29) is 11.3 Å². The summed E-state index contributed by atoms with van der Waals surface area (Å²) in [6, 6.07) is 3.15. The molecule has 1 unspecified atom stereocenters. The third kappa shape index (κ3) is 3.72. The van der Waals surface area contributed by atoms with Crippen molar-refractivity contribution < 1.29 is 31.1 Å². The maximum absolute atomic E-state index is 12.4. The molecule has 0 aliphatic rings. The number of carbonyl (C=O) groups is 1. The Morgan fingerprint density at radius 1 is 1.25 bits per heavy atom. The summed E-state index contributed by atoms with van der Waals surface area (Å²) in [4.78, 5) is 10.8. The average Bonchev–Trinajstić information content (AvgIpc) is 2.37. The molecule has 0 bridgehead atoms. The SMILES string of the molecule is COC(=O)CC(C)S(=O)(=O)c1ccc(C(F)(F)F)cc1. The first-order valence-electron chi connectivity index (χ1n) is 5.57. The predicted octanol–water partition coefficient (Wildman–Crippen LogP) is 2.43. The molecule has 20 heavy (non-hydrogen) atoms. The van der Waals surface area contributed by atoms with Crippen molar-refractivity contribution in [1.82, 2.24) is 0 Å². The molecule has 4 nitrogen and oxygen atoms in total. The Morgan fingerprint density at radius 3 is 2.15 bits per heavy atom. The largest absolute Gasteiger partial charge is 0.469 e. The van der Waals surface area contributed by atoms with Gasteiger partial charge in [0.25, 0.3) is 0 Å². The summed E-state index contributed by atoms with van der Waals surface area (Å²) < 4.78 is 65.6. The summed E-state index contributed by atoms with van der Waals surface area (Å²) in [7, 11) is -2.75. The Bertz CT molecular complexity index is 576. The number of halogens is 3. The van der Waals surface area contributed by atoms with Crippen molar-refractivity contribution in [2.75, 3.05) is 7.11 Å². The van der Waals surface area contributed by atoms with Crippen LogP contribution in [0.1, 0.15) is 18.9 Å². The lowest BCUT2D eigenvalue weighted by Crippen LogP contribution is -2.22. The summed E-state index contributed by atoms with van der Waals surface area (Å²) in [5.41, 5.74) is -0.933. The molecule has 0 saturated heterocycles. The fourth-order valence-corrected chi connectivity index (χ4v) is 2.83. The third-order valence-corrected chi connectivity index (χ3v) is 4.88. The van der Waals surface area contributed by atoms with Crippen molar-refractivity contribution in [3.05, 3.63) is 29.8 Å². The number of hydrogen-bond donors (Lipinski definition) is 0. The molecule has 0 radical (unpaired) electrons. The fraction of sp³-hybridized carbons (Fsp3) is 0.417. The van der Waals surface area contributed by atoms with Crippen molar-refractivity contribution in [2.24, 2.45) is 0 Å². The Kier molecular flexibility index (Phi) is 4.80. The number of esters is 1. The minimum Gasteiger partial charge on any atom is -0.469 e. The minimum atomic E-state index is -4.53. The minimum absolute atomic E-state index is 0.262. The van der Waals surface area contributed by atoms with Gasteiger partial charge in [-0.3, -0.25) is 4.79 Å². The van der Waals surface area contributed by atoms with Gasteiger partial charge in [-0.2, -0.15) is 13.2 Å². The van der Waals surface area contributed by atoms with E-state index < -0.39 is 32.8 Å². The van der Waals surface area contributed by atoms with Crippen molar-refractivity contribution in [2.45, 2.75) is 29.7 Å². The fourth-order valence-electron chi connectivity index (χ4n) is 1.49. The van der Waals surface area contributed by atoms with E-state index in [1.807, 2.05) is 0 Å². The smallest absolute Gasteiger partial charge is 0.416 e. The highest BCUT2D eigenvalue weighted by Crippen LogP contribution is 2.30. The standard InChI is InChI=1S/C12H13F3O4S/c1-8(7-11(16)19-2)20(17,18)10-5-3-9(4-6-10)12(13,14)15/h3-6,8H,7H2,1-2H3. The van der Waals surface area contributed by atoms with Gasteiger partial charge in [0.2, 0.25) is 0 Å². The Labute approximate surface area is 114 Å². The lowest BCUT2D eigenvalue weighted by atomic mass is 10.2. The molecule has 0 spiro atoms. The van der Waals surface area contributed by atoms with Gasteiger partial charge in [-0.05, 0) is 31.2 Å². The van der Waals surface area contributed by atoms with Crippen molar-refractivity contribution in [1.29, 1.82) is 0 Å². The van der Waals surface area contributed by atoms with Crippen molar-refractivity contribution in [3.8, 4) is 0 Å². The number of hydrogen-bond acceptors (Lipinski definition) is 4. The van der Waals surface area contributed by atoms with Gasteiger partial charge in [0.15, 0.2) is 9.84 Å². The van der Waals surface area contributed by atoms with Crippen LogP contribution in [0.15, 0.2) is 29.2 Å². The zero-order chi connectivity index (χ0) is 15.6. The molecule has 112 valence electrons. The molecular weight excluding hydrogens is 297 g/mol. The van der Waals surface area contributed by atoms with Gasteiger partial charge in [-0.1, -0.05) is 0 Å². The van der Waals surface area contributed by atoms with Crippen LogP contribution in [0.3, 0.4) is 0 Å². The normalized spacial score (nSPS) is 13.8. The summed E-state index contributed by atoms with van der Waals surface area (Å²) in [6.07, 6.45) is -4.89. The van der Waals surface area contributed by atoms with E-state index in [0.29, 0.717) is 12.1 Å². The zero-order valence-corrected chi connectivity index (χ0v) is 11.6. The van der Waals surface area contributed by atoms with Crippen LogP contribution in [0.2, 0.25) is 0 Å². The number of rotatable bonds is 4. The quantitative estimate of drug-likeness (QED) is 0.801. The second kappa shape index (κ2) is 5.82. The first kappa shape index (κ1) is 16.5. The van der Waals surface area contributed by atoms with Gasteiger partial charge < -0.3 is 4.74 Å². The van der Waals surface area contributed by atoms with Gasteiger partial charge in [0.1, 0.15) is 0 Å². The molecule has 1 atom stereocenters. The lowest BCUT2D eigenvalue weighted by molar-refractivity contribution is -0.140. The maximum Gasteiger partial charge on any atom is 0.416 e. The van der Waals surface area contributed by atoms with Crippen LogP contribution >= 0.6 is 0 Å². The van der Waals surface area contributed by atoms with Gasteiger partial charge in [-0.25, -0.2) is 8.42 Å². The summed E-state index contributed by atoms with van der Waals surface area (Å²) in [5.74, 6) is -0.701. The molecular formula is C12H13F3O4S. The van der Waals surface area contributed by atoms with Gasteiger partial charge in [-0.15, -0.1) is 0 Å². The van der Waals surface area contributed by atoms with E-state index in [0.717, 1.165) is 19.2 Å². The third-order valence-electron chi connectivity index (χ3n) is 2.72. The number of ether oxygens (including phenoxy) is 1. The number of benzene rings is 1. The van der Waals surface area contributed by atoms with Crippen LogP contribution in [-0.4, -0.2) is 26.7 Å². The van der Waals surface area contributed by atoms with Gasteiger partial charge >= 0.3 is 12.1 Å². The van der Waals surface area contributed by atoms with Gasteiger partial charge in [0.05, 0.1) is 29.2 Å². The van der Waals surface area contributed by atoms with E-state index in [1.165, 1.54) is 6.92 Å². The highest BCUT2D eigenvalue weighted by Gasteiger charge is 2.31. The number of carbonyl (C=O) groups excluding carboxylic acids is 1. The van der Waals surface area contributed by atoms with Crippen LogP contribution in [-0.2, 0) is 25.5 Å². The van der Waals surface area contributed by atoms with E-state index in [4.69, 9.17) is 0 Å². The summed E-state index contributed by atoms with van der Waals surface area (Å²) in [5, 5.41) is -1.08. The Hall–Kier alpha value is -1.57. The van der Waals surface area contributed by atoms with Crippen LogP contribution in [0.5, 0.6) is 0 Å². The van der Waals surface area contributed by atoms with E-state index >= 15 is 0 Å². The molecule has 1 aromatic carbocycles. The van der Waals surface area contributed by atoms with Crippen LogP contribution < -0.4 is 0 Å². The summed E-state index contributed by atoms with van der Waals surface area (Å²) in [6.45, 7) is 1.30. The van der Waals surface area contributed by atoms with E-state index in [9.17, 15) is 26.4 Å². The molecule has 0 aliphatic heterocycles. The molecule has 1 aromatic rings. The predicted molar refractivity (Wildman–Crippen MR) is 64.7 cm³/mol. The molecule has 8 heteroatoms. The first-order valence-corrected chi connectivity index (χ1v) is 7.11. The molecule has 0 fully saturated rings. The monoisotopic (exact) mass is 310 g/mol. The van der Waals surface area contributed by atoms with Crippen LogP contribution in [0.25, 0.3) is 0 Å². The van der Waals surface area contributed by atoms with Crippen molar-refractivity contribution in [3.63, 3.8) is 0 Å². The second-order valence-corrected chi connectivity index (χ2v) is 6.52. The molecule has 0 heterocycles. The lowest BCUT2D eigenvalue weighted by Gasteiger charge is -2.13. The highest BCUT2D eigenvalue weighted by molar-refractivity contribution is 7.92. The molecule has 0 aromatic heterocycles. The molecule has 0 aliphatic carbocycles. The Morgan fingerprint density at radius 2 is 1.75 bits per heavy atom. The topological polar surface area (TPSA) is 60.4 Å². The number of sulfone groups is 1. The van der Waals surface area contributed by atoms with Gasteiger partial charge in [0, 0.05) is 0 Å². The van der Waals surface area contributed by atoms with E-state index in [2.05, 4.69) is 4.74 Å². The average molecular weight is 310 g/mol. The maximum atomic E-state index is 12.4. The molecule has 0 amide bonds. The van der Waals surface area contributed by atoms with Crippen LogP contribution in [0.4, 0.5) is 13.2 Å². The number of alkyl halides is 3. The second-order valence-electron chi connectivity index (χ2n) is 4.16. The molecule has 0 N–H and O–H groups in total. The van der Waals surface area contributed by atoms with E-state index in [1.54, 1.807) is 0 Å². The van der Waals surface area contributed by atoms with Crippen LogP contribution in [0, 0.1) is 0 Å². The zero-order valence-electron chi connectivity index (χ0n) is 10.8. The van der Waals surface area contributed by atoms with Crippen molar-refractivity contribution >= 4 is 15.8 Å². The number of methoxy groups -OCH3 is 1.